The van der Waals surface area contributed by atoms with Crippen LogP contribution < -0.4 is 0 Å². The minimum absolute atomic E-state index is 0.259. The summed E-state index contributed by atoms with van der Waals surface area (Å²) >= 11 is 0. The summed E-state index contributed by atoms with van der Waals surface area (Å²) in [4.78, 5) is 14.1. The molecule has 100 valence electrons. The summed E-state index contributed by atoms with van der Waals surface area (Å²) in [5.74, 6) is -0.259. The number of hydrogen-bond donors (Lipinski definition) is 0. The number of esters is 1. The zero-order chi connectivity index (χ0) is 13.5. The highest BCUT2D eigenvalue weighted by Crippen LogP contribution is 2.15. The maximum atomic E-state index is 11.7. The van der Waals surface area contributed by atoms with Crippen LogP contribution in [0.1, 0.15) is 43.1 Å². The number of ether oxygens (including phenoxy) is 1. The van der Waals surface area contributed by atoms with E-state index in [0.717, 1.165) is 25.1 Å². The Labute approximate surface area is 110 Å². The molecule has 3 heteroatoms. The van der Waals surface area contributed by atoms with Crippen molar-refractivity contribution in [3.8, 4) is 0 Å². The molecule has 0 saturated carbocycles. The van der Waals surface area contributed by atoms with Crippen LogP contribution >= 0.6 is 0 Å². The van der Waals surface area contributed by atoms with E-state index in [1.165, 1.54) is 7.11 Å². The fourth-order valence-corrected chi connectivity index (χ4v) is 1.99. The molecule has 1 aromatic carbocycles. The van der Waals surface area contributed by atoms with Crippen molar-refractivity contribution in [3.63, 3.8) is 0 Å². The molecule has 0 aliphatic heterocycles. The summed E-state index contributed by atoms with van der Waals surface area (Å²) in [5, 5.41) is 0. The smallest absolute Gasteiger partial charge is 0.338 e. The van der Waals surface area contributed by atoms with Gasteiger partial charge in [0, 0.05) is 12.6 Å². The highest BCUT2D eigenvalue weighted by atomic mass is 16.5. The number of carbonyl (C=O) groups excluding carboxylic acids is 1. The van der Waals surface area contributed by atoms with E-state index in [0.29, 0.717) is 11.6 Å². The Hall–Kier alpha value is -1.35. The van der Waals surface area contributed by atoms with E-state index < -0.39 is 0 Å². The molecule has 1 aromatic rings. The van der Waals surface area contributed by atoms with Crippen molar-refractivity contribution in [2.75, 3.05) is 13.7 Å². The van der Waals surface area contributed by atoms with Crippen molar-refractivity contribution >= 4 is 5.97 Å². The number of nitrogens with zero attached hydrogens (tertiary/aromatic N) is 1. The van der Waals surface area contributed by atoms with Crippen LogP contribution in [0.4, 0.5) is 0 Å². The first kappa shape index (κ1) is 14.7. The highest BCUT2D eigenvalue weighted by molar-refractivity contribution is 5.90. The average molecular weight is 249 g/mol. The maximum Gasteiger partial charge on any atom is 0.338 e. The summed E-state index contributed by atoms with van der Waals surface area (Å²) in [5.41, 5.74) is 1.70. The Kier molecular flexibility index (Phi) is 5.86. The molecular weight excluding hydrogens is 226 g/mol. The lowest BCUT2D eigenvalue weighted by atomic mass is 10.1. The van der Waals surface area contributed by atoms with Crippen LogP contribution in [0.25, 0.3) is 0 Å². The molecule has 0 bridgehead atoms. The minimum atomic E-state index is -0.259. The quantitative estimate of drug-likeness (QED) is 0.726. The summed E-state index contributed by atoms with van der Waals surface area (Å²) in [6, 6.07) is 8.13. The van der Waals surface area contributed by atoms with E-state index >= 15 is 0 Å². The van der Waals surface area contributed by atoms with Crippen molar-refractivity contribution in [2.45, 2.75) is 39.8 Å². The van der Waals surface area contributed by atoms with Crippen LogP contribution in [0.15, 0.2) is 24.3 Å². The first-order valence-electron chi connectivity index (χ1n) is 6.50. The van der Waals surface area contributed by atoms with Crippen LogP contribution in [0.5, 0.6) is 0 Å². The number of rotatable bonds is 6. The van der Waals surface area contributed by atoms with Crippen molar-refractivity contribution in [2.24, 2.45) is 0 Å². The third-order valence-corrected chi connectivity index (χ3v) is 3.04. The first-order chi connectivity index (χ1) is 8.60. The lowest BCUT2D eigenvalue weighted by Crippen LogP contribution is -2.31. The fraction of sp³-hybridized carbons (Fsp3) is 0.533. The number of methoxy groups -OCH3 is 1. The summed E-state index contributed by atoms with van der Waals surface area (Å²) in [7, 11) is 1.42. The first-order valence-corrected chi connectivity index (χ1v) is 6.50. The molecule has 0 unspecified atom stereocenters. The molecule has 0 aliphatic carbocycles. The van der Waals surface area contributed by atoms with E-state index in [1.54, 1.807) is 0 Å². The monoisotopic (exact) mass is 249 g/mol. The highest BCUT2D eigenvalue weighted by Gasteiger charge is 2.15. The third-order valence-electron chi connectivity index (χ3n) is 3.04. The van der Waals surface area contributed by atoms with Crippen LogP contribution in [0.3, 0.4) is 0 Å². The Balaban J connectivity index is 2.91. The Bertz CT molecular complexity index is 388. The number of benzene rings is 1. The van der Waals surface area contributed by atoms with Gasteiger partial charge in [-0.1, -0.05) is 25.1 Å². The van der Waals surface area contributed by atoms with Gasteiger partial charge < -0.3 is 4.74 Å². The van der Waals surface area contributed by atoms with Gasteiger partial charge in [0.25, 0.3) is 0 Å². The molecule has 3 nitrogen and oxygen atoms in total. The van der Waals surface area contributed by atoms with Gasteiger partial charge in [-0.05, 0) is 38.4 Å². The summed E-state index contributed by atoms with van der Waals surface area (Å²) < 4.78 is 4.82. The Morgan fingerprint density at radius 1 is 1.33 bits per heavy atom. The standard InChI is InChI=1S/C15H23NO2/c1-5-10-16(12(2)3)11-13-8-6-7-9-14(13)15(17)18-4/h6-9,12H,5,10-11H2,1-4H3. The Morgan fingerprint density at radius 2 is 2.00 bits per heavy atom. The Morgan fingerprint density at radius 3 is 2.56 bits per heavy atom. The number of hydrogen-bond acceptors (Lipinski definition) is 3. The van der Waals surface area contributed by atoms with Gasteiger partial charge in [-0.3, -0.25) is 4.90 Å². The molecule has 0 spiro atoms. The molecule has 0 heterocycles. The van der Waals surface area contributed by atoms with Crippen LogP contribution in [-0.4, -0.2) is 30.6 Å². The van der Waals surface area contributed by atoms with Crippen molar-refractivity contribution in [3.05, 3.63) is 35.4 Å². The van der Waals surface area contributed by atoms with Crippen molar-refractivity contribution < 1.29 is 9.53 Å². The molecule has 0 radical (unpaired) electrons. The van der Waals surface area contributed by atoms with E-state index in [-0.39, 0.29) is 5.97 Å². The van der Waals surface area contributed by atoms with E-state index in [9.17, 15) is 4.79 Å². The molecule has 0 aliphatic rings. The van der Waals surface area contributed by atoms with Gasteiger partial charge >= 0.3 is 5.97 Å². The molecule has 0 amide bonds. The molecule has 0 N–H and O–H groups in total. The van der Waals surface area contributed by atoms with E-state index in [2.05, 4.69) is 25.7 Å². The number of carbonyl (C=O) groups is 1. The molecular formula is C15H23NO2. The molecule has 0 atom stereocenters. The fourth-order valence-electron chi connectivity index (χ4n) is 1.99. The van der Waals surface area contributed by atoms with E-state index in [1.807, 2.05) is 24.3 Å². The van der Waals surface area contributed by atoms with Gasteiger partial charge in [0.1, 0.15) is 0 Å². The molecule has 0 aromatic heterocycles. The predicted octanol–water partition coefficient (Wildman–Crippen LogP) is 3.09. The molecule has 1 rings (SSSR count). The van der Waals surface area contributed by atoms with Crippen molar-refractivity contribution in [1.82, 2.24) is 4.90 Å². The van der Waals surface area contributed by atoms with Gasteiger partial charge in [-0.15, -0.1) is 0 Å². The second-order valence-corrected chi connectivity index (χ2v) is 4.71. The zero-order valence-electron chi connectivity index (χ0n) is 11.8. The molecule has 0 saturated heterocycles. The van der Waals surface area contributed by atoms with Gasteiger partial charge in [-0.2, -0.15) is 0 Å². The summed E-state index contributed by atoms with van der Waals surface area (Å²) in [6.45, 7) is 8.35. The van der Waals surface area contributed by atoms with Crippen LogP contribution in [-0.2, 0) is 11.3 Å². The predicted molar refractivity (Wildman–Crippen MR) is 73.6 cm³/mol. The van der Waals surface area contributed by atoms with Gasteiger partial charge in [0.15, 0.2) is 0 Å². The molecule has 18 heavy (non-hydrogen) atoms. The lowest BCUT2D eigenvalue weighted by molar-refractivity contribution is 0.0597. The van der Waals surface area contributed by atoms with Gasteiger partial charge in [0.05, 0.1) is 12.7 Å². The summed E-state index contributed by atoms with van der Waals surface area (Å²) in [6.07, 6.45) is 1.11. The topological polar surface area (TPSA) is 29.5 Å². The third kappa shape index (κ3) is 3.84. The zero-order valence-corrected chi connectivity index (χ0v) is 11.8. The van der Waals surface area contributed by atoms with E-state index in [4.69, 9.17) is 4.74 Å². The second-order valence-electron chi connectivity index (χ2n) is 4.71. The van der Waals surface area contributed by atoms with Crippen molar-refractivity contribution in [1.29, 1.82) is 0 Å². The van der Waals surface area contributed by atoms with Crippen LogP contribution in [0.2, 0.25) is 0 Å². The normalized spacial score (nSPS) is 11.0. The van der Waals surface area contributed by atoms with Gasteiger partial charge in [-0.25, -0.2) is 4.79 Å². The largest absolute Gasteiger partial charge is 0.465 e. The van der Waals surface area contributed by atoms with Gasteiger partial charge in [0.2, 0.25) is 0 Å². The van der Waals surface area contributed by atoms with Crippen LogP contribution in [0, 0.1) is 0 Å². The maximum absolute atomic E-state index is 11.7. The minimum Gasteiger partial charge on any atom is -0.465 e. The lowest BCUT2D eigenvalue weighted by Gasteiger charge is -2.26. The second kappa shape index (κ2) is 7.17. The SMILES string of the molecule is CCCN(Cc1ccccc1C(=O)OC)C(C)C. The molecule has 0 fully saturated rings. The average Bonchev–Trinajstić information content (AvgIpc) is 2.37.